The summed E-state index contributed by atoms with van der Waals surface area (Å²) in [6, 6.07) is 12.2. The van der Waals surface area contributed by atoms with Crippen molar-refractivity contribution in [2.24, 2.45) is 0 Å². The van der Waals surface area contributed by atoms with E-state index in [1.165, 1.54) is 12.1 Å². The van der Waals surface area contributed by atoms with Gasteiger partial charge >= 0.3 is 0 Å². The van der Waals surface area contributed by atoms with Crippen molar-refractivity contribution in [3.63, 3.8) is 0 Å². The standard InChI is InChI=1S/C17H9F2NO2/c18-12-6-11(7-13(19)9-12)17-20-14-4-3-10(8-16(14)22-17)15-2-1-5-21-15/h1-9H. The number of oxazole rings is 1. The second-order valence-electron chi connectivity index (χ2n) is 4.84. The van der Waals surface area contributed by atoms with Gasteiger partial charge in [0.15, 0.2) is 5.58 Å². The lowest BCUT2D eigenvalue weighted by molar-refractivity contribution is 0.577. The molecule has 5 heteroatoms. The van der Waals surface area contributed by atoms with Gasteiger partial charge in [-0.3, -0.25) is 0 Å². The first kappa shape index (κ1) is 12.8. The average Bonchev–Trinajstić information content (AvgIpc) is 3.15. The van der Waals surface area contributed by atoms with E-state index in [2.05, 4.69) is 4.98 Å². The predicted molar refractivity (Wildman–Crippen MR) is 77.1 cm³/mol. The molecule has 3 nitrogen and oxygen atoms in total. The van der Waals surface area contributed by atoms with Crippen molar-refractivity contribution in [2.75, 3.05) is 0 Å². The molecule has 0 amide bonds. The number of fused-ring (bicyclic) bond motifs is 1. The van der Waals surface area contributed by atoms with Gasteiger partial charge in [-0.25, -0.2) is 13.8 Å². The molecule has 22 heavy (non-hydrogen) atoms. The Morgan fingerprint density at radius 1 is 0.864 bits per heavy atom. The molecule has 0 radical (unpaired) electrons. The van der Waals surface area contributed by atoms with E-state index in [4.69, 9.17) is 8.83 Å². The number of rotatable bonds is 2. The van der Waals surface area contributed by atoms with Crippen LogP contribution in [-0.4, -0.2) is 4.98 Å². The molecule has 0 spiro atoms. The highest BCUT2D eigenvalue weighted by Gasteiger charge is 2.12. The molecule has 0 aliphatic heterocycles. The summed E-state index contributed by atoms with van der Waals surface area (Å²) in [6.45, 7) is 0. The first-order valence-electron chi connectivity index (χ1n) is 6.60. The minimum Gasteiger partial charge on any atom is -0.464 e. The Balaban J connectivity index is 1.83. The van der Waals surface area contributed by atoms with E-state index < -0.39 is 11.6 Å². The number of hydrogen-bond acceptors (Lipinski definition) is 3. The molecule has 0 fully saturated rings. The summed E-state index contributed by atoms with van der Waals surface area (Å²) in [6.07, 6.45) is 1.58. The topological polar surface area (TPSA) is 39.2 Å². The van der Waals surface area contributed by atoms with Crippen molar-refractivity contribution in [2.45, 2.75) is 0 Å². The molecule has 0 aliphatic carbocycles. The third kappa shape index (κ3) is 2.16. The maximum Gasteiger partial charge on any atom is 0.227 e. The molecule has 4 aromatic rings. The summed E-state index contributed by atoms with van der Waals surface area (Å²) in [5.74, 6) is -0.469. The van der Waals surface area contributed by atoms with Gasteiger partial charge in [0.05, 0.1) is 6.26 Å². The van der Waals surface area contributed by atoms with Gasteiger partial charge in [-0.1, -0.05) is 0 Å². The molecule has 0 N–H and O–H groups in total. The van der Waals surface area contributed by atoms with E-state index in [1.54, 1.807) is 24.5 Å². The Hall–Kier alpha value is -2.95. The fourth-order valence-electron chi connectivity index (χ4n) is 2.32. The smallest absolute Gasteiger partial charge is 0.227 e. The van der Waals surface area contributed by atoms with Gasteiger partial charge in [0.2, 0.25) is 5.89 Å². The normalized spacial score (nSPS) is 11.2. The average molecular weight is 297 g/mol. The third-order valence-electron chi connectivity index (χ3n) is 3.30. The first-order chi connectivity index (χ1) is 10.7. The Morgan fingerprint density at radius 3 is 2.41 bits per heavy atom. The third-order valence-corrected chi connectivity index (χ3v) is 3.30. The van der Waals surface area contributed by atoms with E-state index >= 15 is 0 Å². The van der Waals surface area contributed by atoms with Crippen molar-refractivity contribution in [1.29, 1.82) is 0 Å². The summed E-state index contributed by atoms with van der Waals surface area (Å²) in [5, 5.41) is 0. The molecule has 0 saturated carbocycles. The van der Waals surface area contributed by atoms with Gasteiger partial charge in [-0.2, -0.15) is 0 Å². The largest absolute Gasteiger partial charge is 0.464 e. The number of furan rings is 1. The molecule has 0 aliphatic rings. The van der Waals surface area contributed by atoms with Gasteiger partial charge in [0.1, 0.15) is 22.9 Å². The van der Waals surface area contributed by atoms with Crippen LogP contribution in [0, 0.1) is 11.6 Å². The minimum absolute atomic E-state index is 0.171. The van der Waals surface area contributed by atoms with E-state index in [1.807, 2.05) is 12.1 Å². The number of halogens is 2. The maximum atomic E-state index is 13.3. The highest BCUT2D eigenvalue weighted by Crippen LogP contribution is 2.29. The summed E-state index contributed by atoms with van der Waals surface area (Å²) in [5.41, 5.74) is 2.22. The molecule has 2 aromatic heterocycles. The molecule has 0 saturated heterocycles. The summed E-state index contributed by atoms with van der Waals surface area (Å²) >= 11 is 0. The predicted octanol–water partition coefficient (Wildman–Crippen LogP) is 5.03. The highest BCUT2D eigenvalue weighted by molar-refractivity contribution is 5.81. The zero-order valence-electron chi connectivity index (χ0n) is 11.2. The summed E-state index contributed by atoms with van der Waals surface area (Å²) < 4.78 is 37.5. The number of aromatic nitrogens is 1. The SMILES string of the molecule is Fc1cc(F)cc(-c2nc3ccc(-c4ccco4)cc3o2)c1. The van der Waals surface area contributed by atoms with Crippen LogP contribution in [0.2, 0.25) is 0 Å². The lowest BCUT2D eigenvalue weighted by atomic mass is 10.1. The first-order valence-corrected chi connectivity index (χ1v) is 6.60. The van der Waals surface area contributed by atoms with Gasteiger partial charge in [0, 0.05) is 17.2 Å². The molecular formula is C17H9F2NO2. The minimum atomic E-state index is -0.673. The Labute approximate surface area is 123 Å². The Morgan fingerprint density at radius 2 is 1.68 bits per heavy atom. The quantitative estimate of drug-likeness (QED) is 0.520. The van der Waals surface area contributed by atoms with Gasteiger partial charge < -0.3 is 8.83 Å². The monoisotopic (exact) mass is 297 g/mol. The van der Waals surface area contributed by atoms with Gasteiger partial charge in [0.25, 0.3) is 0 Å². The van der Waals surface area contributed by atoms with E-state index in [-0.39, 0.29) is 11.5 Å². The van der Waals surface area contributed by atoms with Crippen molar-refractivity contribution in [3.8, 4) is 22.8 Å². The van der Waals surface area contributed by atoms with Crippen molar-refractivity contribution in [1.82, 2.24) is 4.98 Å². The van der Waals surface area contributed by atoms with E-state index in [0.29, 0.717) is 16.9 Å². The summed E-state index contributed by atoms with van der Waals surface area (Å²) in [7, 11) is 0. The zero-order chi connectivity index (χ0) is 15.1. The van der Waals surface area contributed by atoms with Crippen LogP contribution in [0.15, 0.2) is 63.6 Å². The number of nitrogens with zero attached hydrogens (tertiary/aromatic N) is 1. The van der Waals surface area contributed by atoms with Crippen LogP contribution in [0.1, 0.15) is 0 Å². The lowest BCUT2D eigenvalue weighted by Crippen LogP contribution is -1.83. The van der Waals surface area contributed by atoms with Crippen LogP contribution in [0.5, 0.6) is 0 Å². The zero-order valence-corrected chi connectivity index (χ0v) is 11.2. The van der Waals surface area contributed by atoms with Gasteiger partial charge in [-0.05, 0) is 42.5 Å². The van der Waals surface area contributed by atoms with Crippen LogP contribution in [0.25, 0.3) is 33.9 Å². The fraction of sp³-hybridized carbons (Fsp3) is 0. The maximum absolute atomic E-state index is 13.3. The van der Waals surface area contributed by atoms with Crippen molar-refractivity contribution in [3.05, 3.63) is 66.4 Å². The molecule has 2 aromatic carbocycles. The van der Waals surface area contributed by atoms with Crippen LogP contribution in [0.3, 0.4) is 0 Å². The molecule has 0 unspecified atom stereocenters. The lowest BCUT2D eigenvalue weighted by Gasteiger charge is -1.96. The fourth-order valence-corrected chi connectivity index (χ4v) is 2.32. The molecule has 108 valence electrons. The molecule has 4 rings (SSSR count). The van der Waals surface area contributed by atoms with E-state index in [9.17, 15) is 8.78 Å². The van der Waals surface area contributed by atoms with Crippen LogP contribution in [-0.2, 0) is 0 Å². The number of benzene rings is 2. The second-order valence-corrected chi connectivity index (χ2v) is 4.84. The Bertz CT molecular complexity index is 938. The van der Waals surface area contributed by atoms with Crippen LogP contribution >= 0.6 is 0 Å². The van der Waals surface area contributed by atoms with Crippen molar-refractivity contribution >= 4 is 11.1 Å². The molecular weight excluding hydrogens is 288 g/mol. The molecule has 2 heterocycles. The van der Waals surface area contributed by atoms with Crippen LogP contribution in [0.4, 0.5) is 8.78 Å². The van der Waals surface area contributed by atoms with Gasteiger partial charge in [-0.15, -0.1) is 0 Å². The molecule has 0 atom stereocenters. The second kappa shape index (κ2) is 4.80. The van der Waals surface area contributed by atoms with Crippen LogP contribution < -0.4 is 0 Å². The summed E-state index contributed by atoms with van der Waals surface area (Å²) in [4.78, 5) is 4.26. The number of hydrogen-bond donors (Lipinski definition) is 0. The Kier molecular flexibility index (Phi) is 2.79. The molecule has 0 bridgehead atoms. The highest BCUT2D eigenvalue weighted by atomic mass is 19.1. The van der Waals surface area contributed by atoms with Crippen molar-refractivity contribution < 1.29 is 17.6 Å². The van der Waals surface area contributed by atoms with E-state index in [0.717, 1.165) is 11.6 Å².